The summed E-state index contributed by atoms with van der Waals surface area (Å²) in [6, 6.07) is 15.8. The average molecular weight is 434 g/mol. The number of sulfonamides is 1. The summed E-state index contributed by atoms with van der Waals surface area (Å²) >= 11 is 0. The van der Waals surface area contributed by atoms with E-state index in [0.29, 0.717) is 24.1 Å². The van der Waals surface area contributed by atoms with Crippen molar-refractivity contribution >= 4 is 15.7 Å². The van der Waals surface area contributed by atoms with Crippen molar-refractivity contribution in [3.8, 4) is 0 Å². The molecule has 0 saturated heterocycles. The Morgan fingerprint density at radius 3 is 2.03 bits per heavy atom. The normalized spacial score (nSPS) is 13.2. The maximum atomic E-state index is 13.4. The Kier molecular flexibility index (Phi) is 8.89. The zero-order valence-electron chi connectivity index (χ0n) is 18.9. The smallest absolute Gasteiger partial charge is 0.264 e. The van der Waals surface area contributed by atoms with Crippen LogP contribution in [0.15, 0.2) is 59.5 Å². The Morgan fingerprint density at radius 1 is 0.900 bits per heavy atom. The number of hydrogen-bond donors (Lipinski definition) is 2. The van der Waals surface area contributed by atoms with Crippen LogP contribution < -0.4 is 9.21 Å². The second-order valence-electron chi connectivity index (χ2n) is 8.99. The fourth-order valence-electron chi connectivity index (χ4n) is 3.84. The summed E-state index contributed by atoms with van der Waals surface area (Å²) in [5, 5.41) is 10.9. The summed E-state index contributed by atoms with van der Waals surface area (Å²) in [6.45, 7) is 13.1. The molecule has 0 amide bonds. The molecule has 2 aromatic carbocycles. The van der Waals surface area contributed by atoms with Crippen LogP contribution in [0.25, 0.3) is 0 Å². The van der Waals surface area contributed by atoms with Crippen LogP contribution in [0, 0.1) is 18.8 Å². The first kappa shape index (κ1) is 24.4. The zero-order chi connectivity index (χ0) is 22.3. The molecule has 0 bridgehead atoms. The van der Waals surface area contributed by atoms with Gasteiger partial charge in [-0.05, 0) is 36.8 Å². The van der Waals surface area contributed by atoms with Crippen LogP contribution in [-0.4, -0.2) is 45.8 Å². The second-order valence-corrected chi connectivity index (χ2v) is 10.9. The number of nitrogens with one attached hydrogen (secondary N) is 1. The van der Waals surface area contributed by atoms with E-state index >= 15 is 0 Å². The minimum absolute atomic E-state index is 0.0281. The third kappa shape index (κ3) is 7.11. The number of aliphatic hydroxyl groups excluding tert-OH is 1. The summed E-state index contributed by atoms with van der Waals surface area (Å²) < 4.78 is 28.2. The van der Waals surface area contributed by atoms with E-state index in [1.54, 1.807) is 36.4 Å². The monoisotopic (exact) mass is 433 g/mol. The Labute approximate surface area is 182 Å². The zero-order valence-corrected chi connectivity index (χ0v) is 19.7. The van der Waals surface area contributed by atoms with Crippen LogP contribution in [0.2, 0.25) is 0 Å². The van der Waals surface area contributed by atoms with E-state index < -0.39 is 16.1 Å². The predicted molar refractivity (Wildman–Crippen MR) is 123 cm³/mol. The first-order chi connectivity index (χ1) is 14.1. The van der Waals surface area contributed by atoms with Crippen LogP contribution >= 0.6 is 0 Å². The first-order valence-electron chi connectivity index (χ1n) is 10.8. The van der Waals surface area contributed by atoms with Crippen molar-refractivity contribution in [2.45, 2.75) is 45.6 Å². The van der Waals surface area contributed by atoms with Crippen LogP contribution in [0.1, 0.15) is 33.3 Å². The molecule has 2 N–H and O–H groups in total. The lowest BCUT2D eigenvalue weighted by atomic mass is 10.1. The van der Waals surface area contributed by atoms with Crippen molar-refractivity contribution in [3.05, 3.63) is 60.2 Å². The van der Waals surface area contributed by atoms with E-state index in [4.69, 9.17) is 0 Å². The molecule has 0 heterocycles. The molecule has 0 fully saturated rings. The first-order valence-corrected chi connectivity index (χ1v) is 12.2. The van der Waals surface area contributed by atoms with Crippen LogP contribution in [-0.2, 0) is 10.0 Å². The number of rotatable bonds is 11. The van der Waals surface area contributed by atoms with Gasteiger partial charge in [-0.1, -0.05) is 58.0 Å². The Bertz CT molecular complexity index is 872. The highest BCUT2D eigenvalue weighted by atomic mass is 32.2. The number of benzene rings is 2. The summed E-state index contributed by atoms with van der Waals surface area (Å²) in [5.74, 6) is 1.01. The van der Waals surface area contributed by atoms with Gasteiger partial charge in [-0.3, -0.25) is 4.31 Å². The fraction of sp³-hybridized carbons (Fsp3) is 0.500. The van der Waals surface area contributed by atoms with Gasteiger partial charge < -0.3 is 10.0 Å². The van der Waals surface area contributed by atoms with Gasteiger partial charge in [0, 0.05) is 11.8 Å². The number of anilines is 1. The number of hydrogen-bond acceptors (Lipinski definition) is 3. The fourth-order valence-corrected chi connectivity index (χ4v) is 5.35. The SMILES string of the molecule is Cc1cccc(N(CC(O)C[NH+](CC(C)C)CC(C)C)S(=O)(=O)c2ccccc2)c1. The quantitative estimate of drug-likeness (QED) is 0.573. The molecule has 1 atom stereocenters. The topological polar surface area (TPSA) is 62.1 Å². The molecule has 0 aliphatic rings. The van der Waals surface area contributed by atoms with Crippen molar-refractivity contribution in [1.82, 2.24) is 0 Å². The average Bonchev–Trinajstić information content (AvgIpc) is 2.65. The largest absolute Gasteiger partial charge is 0.385 e. The summed E-state index contributed by atoms with van der Waals surface area (Å²) in [5.41, 5.74) is 1.55. The highest BCUT2D eigenvalue weighted by Gasteiger charge is 2.29. The van der Waals surface area contributed by atoms with Crippen LogP contribution in [0.5, 0.6) is 0 Å². The molecule has 0 saturated carbocycles. The Balaban J connectivity index is 2.31. The van der Waals surface area contributed by atoms with Crippen LogP contribution in [0.4, 0.5) is 5.69 Å². The van der Waals surface area contributed by atoms with Gasteiger partial charge in [0.1, 0.15) is 12.6 Å². The number of quaternary nitrogens is 1. The summed E-state index contributed by atoms with van der Waals surface area (Å²) in [7, 11) is -3.78. The van der Waals surface area contributed by atoms with Gasteiger partial charge in [-0.15, -0.1) is 0 Å². The molecular formula is C24H37N2O3S+. The van der Waals surface area contributed by atoms with Crippen LogP contribution in [0.3, 0.4) is 0 Å². The van der Waals surface area contributed by atoms with E-state index in [1.807, 2.05) is 25.1 Å². The van der Waals surface area contributed by atoms with Gasteiger partial charge in [0.25, 0.3) is 10.0 Å². The summed E-state index contributed by atoms with van der Waals surface area (Å²) in [4.78, 5) is 1.53. The molecule has 2 aromatic rings. The van der Waals surface area contributed by atoms with E-state index in [9.17, 15) is 13.5 Å². The lowest BCUT2D eigenvalue weighted by Gasteiger charge is -2.30. The van der Waals surface area contributed by atoms with E-state index in [0.717, 1.165) is 18.7 Å². The van der Waals surface area contributed by atoms with Gasteiger partial charge >= 0.3 is 0 Å². The lowest BCUT2D eigenvalue weighted by Crippen LogP contribution is -3.14. The third-order valence-electron chi connectivity index (χ3n) is 4.92. The molecule has 30 heavy (non-hydrogen) atoms. The van der Waals surface area contributed by atoms with E-state index in [-0.39, 0.29) is 11.4 Å². The van der Waals surface area contributed by atoms with Crippen molar-refractivity contribution in [2.24, 2.45) is 11.8 Å². The molecule has 1 unspecified atom stereocenters. The number of nitrogens with zero attached hydrogens (tertiary/aromatic N) is 1. The van der Waals surface area contributed by atoms with Gasteiger partial charge in [-0.2, -0.15) is 0 Å². The molecule has 0 radical (unpaired) electrons. The minimum Gasteiger partial charge on any atom is -0.385 e. The number of aryl methyl sites for hydroxylation is 1. The highest BCUT2D eigenvalue weighted by molar-refractivity contribution is 7.92. The molecule has 0 aromatic heterocycles. The van der Waals surface area contributed by atoms with Crippen molar-refractivity contribution < 1.29 is 18.4 Å². The molecular weight excluding hydrogens is 396 g/mol. The van der Waals surface area contributed by atoms with Gasteiger partial charge in [0.2, 0.25) is 0 Å². The molecule has 0 aliphatic heterocycles. The van der Waals surface area contributed by atoms with E-state index in [1.165, 1.54) is 9.21 Å². The molecule has 0 spiro atoms. The predicted octanol–water partition coefficient (Wildman–Crippen LogP) is 2.75. The highest BCUT2D eigenvalue weighted by Crippen LogP contribution is 2.24. The number of aliphatic hydroxyl groups is 1. The molecule has 166 valence electrons. The van der Waals surface area contributed by atoms with Gasteiger partial charge in [-0.25, -0.2) is 8.42 Å². The molecule has 2 rings (SSSR count). The third-order valence-corrected chi connectivity index (χ3v) is 6.72. The summed E-state index contributed by atoms with van der Waals surface area (Å²) in [6.07, 6.45) is -0.767. The maximum Gasteiger partial charge on any atom is 0.264 e. The van der Waals surface area contributed by atoms with Crippen molar-refractivity contribution in [3.63, 3.8) is 0 Å². The second kappa shape index (κ2) is 10.9. The molecule has 6 heteroatoms. The van der Waals surface area contributed by atoms with E-state index in [2.05, 4.69) is 27.7 Å². The standard InChI is InChI=1S/C24H36N2O3S/c1-19(2)15-25(16-20(3)4)17-23(27)18-26(22-11-9-10-21(5)14-22)30(28,29)24-12-7-6-8-13-24/h6-14,19-20,23,27H,15-18H2,1-5H3/p+1. The minimum atomic E-state index is -3.78. The van der Waals surface area contributed by atoms with Gasteiger partial charge in [0.05, 0.1) is 30.2 Å². The lowest BCUT2D eigenvalue weighted by molar-refractivity contribution is -0.909. The Morgan fingerprint density at radius 2 is 1.50 bits per heavy atom. The molecule has 5 nitrogen and oxygen atoms in total. The maximum absolute atomic E-state index is 13.4. The Hall–Kier alpha value is -1.89. The van der Waals surface area contributed by atoms with Crippen molar-refractivity contribution in [2.75, 3.05) is 30.5 Å². The van der Waals surface area contributed by atoms with Gasteiger partial charge in [0.15, 0.2) is 0 Å². The molecule has 0 aliphatic carbocycles. The van der Waals surface area contributed by atoms with Crippen molar-refractivity contribution in [1.29, 1.82) is 0 Å².